The molecule has 1 N–H and O–H groups in total. The quantitative estimate of drug-likeness (QED) is 0.807. The molecule has 0 spiro atoms. The van der Waals surface area contributed by atoms with E-state index in [1.54, 1.807) is 44.9 Å². The van der Waals surface area contributed by atoms with E-state index in [4.69, 9.17) is 9.47 Å². The summed E-state index contributed by atoms with van der Waals surface area (Å²) in [5.41, 5.74) is 0.516. The standard InChI is InChI=1S/C20H28N2O5/c1-8-20(9-2)13-10-12(16(23)26-7)14(11-15(13)22(6)17(20)24)21-18(25)27-19(3,4)5/h10-11H,8-9H2,1-7H3,(H,21,25). The maximum absolute atomic E-state index is 12.9. The zero-order valence-electron chi connectivity index (χ0n) is 17.1. The van der Waals surface area contributed by atoms with Crippen molar-refractivity contribution in [3.63, 3.8) is 0 Å². The number of hydrogen-bond acceptors (Lipinski definition) is 5. The second kappa shape index (κ2) is 7.21. The number of amides is 2. The number of carbonyl (C=O) groups excluding carboxylic acids is 3. The Morgan fingerprint density at radius 1 is 1.19 bits per heavy atom. The van der Waals surface area contributed by atoms with Crippen molar-refractivity contribution in [1.82, 2.24) is 0 Å². The molecule has 1 aromatic carbocycles. The van der Waals surface area contributed by atoms with E-state index in [1.807, 2.05) is 13.8 Å². The summed E-state index contributed by atoms with van der Waals surface area (Å²) >= 11 is 0. The molecule has 2 rings (SSSR count). The lowest BCUT2D eigenvalue weighted by molar-refractivity contribution is -0.123. The van der Waals surface area contributed by atoms with Crippen molar-refractivity contribution in [3.05, 3.63) is 23.3 Å². The van der Waals surface area contributed by atoms with Crippen molar-refractivity contribution in [2.24, 2.45) is 0 Å². The fourth-order valence-electron chi connectivity index (χ4n) is 3.52. The molecule has 1 aromatic rings. The molecule has 0 unspecified atom stereocenters. The van der Waals surface area contributed by atoms with Crippen LogP contribution in [0.3, 0.4) is 0 Å². The summed E-state index contributed by atoms with van der Waals surface area (Å²) in [4.78, 5) is 39.0. The first-order chi connectivity index (χ1) is 12.5. The number of ether oxygens (including phenoxy) is 2. The molecule has 27 heavy (non-hydrogen) atoms. The predicted molar refractivity (Wildman–Crippen MR) is 103 cm³/mol. The molecule has 1 heterocycles. The molecule has 7 heteroatoms. The third kappa shape index (κ3) is 3.63. The van der Waals surface area contributed by atoms with Crippen molar-refractivity contribution in [3.8, 4) is 0 Å². The molecule has 0 fully saturated rings. The zero-order valence-corrected chi connectivity index (χ0v) is 17.1. The third-order valence-corrected chi connectivity index (χ3v) is 4.97. The van der Waals surface area contributed by atoms with Crippen molar-refractivity contribution < 1.29 is 23.9 Å². The van der Waals surface area contributed by atoms with Gasteiger partial charge in [0.15, 0.2) is 0 Å². The van der Waals surface area contributed by atoms with E-state index in [-0.39, 0.29) is 17.2 Å². The Morgan fingerprint density at radius 2 is 1.78 bits per heavy atom. The third-order valence-electron chi connectivity index (χ3n) is 4.97. The van der Waals surface area contributed by atoms with Gasteiger partial charge >= 0.3 is 12.1 Å². The first-order valence-corrected chi connectivity index (χ1v) is 9.05. The molecule has 1 aliphatic heterocycles. The second-order valence-electron chi connectivity index (χ2n) is 7.69. The van der Waals surface area contributed by atoms with Crippen LogP contribution >= 0.6 is 0 Å². The zero-order chi connectivity index (χ0) is 20.6. The number of fused-ring (bicyclic) bond motifs is 1. The number of nitrogens with zero attached hydrogens (tertiary/aromatic N) is 1. The Kier molecular flexibility index (Phi) is 5.54. The molecule has 148 valence electrons. The van der Waals surface area contributed by atoms with Crippen LogP contribution in [0.15, 0.2) is 12.1 Å². The summed E-state index contributed by atoms with van der Waals surface area (Å²) < 4.78 is 10.2. The number of esters is 1. The Labute approximate surface area is 160 Å². The van der Waals surface area contributed by atoms with Gasteiger partial charge < -0.3 is 14.4 Å². The van der Waals surface area contributed by atoms with Gasteiger partial charge in [-0.1, -0.05) is 13.8 Å². The van der Waals surface area contributed by atoms with Crippen LogP contribution in [0.4, 0.5) is 16.2 Å². The molecule has 1 aliphatic rings. The van der Waals surface area contributed by atoms with Crippen molar-refractivity contribution in [2.45, 2.75) is 58.5 Å². The summed E-state index contributed by atoms with van der Waals surface area (Å²) in [6.45, 7) is 9.16. The maximum atomic E-state index is 12.9. The summed E-state index contributed by atoms with van der Waals surface area (Å²) in [7, 11) is 2.97. The Morgan fingerprint density at radius 3 is 2.26 bits per heavy atom. The summed E-state index contributed by atoms with van der Waals surface area (Å²) in [6.07, 6.45) is 0.537. The second-order valence-corrected chi connectivity index (χ2v) is 7.69. The molecular formula is C20H28N2O5. The van der Waals surface area contributed by atoms with E-state index in [1.165, 1.54) is 7.11 Å². The van der Waals surface area contributed by atoms with Gasteiger partial charge in [0.25, 0.3) is 0 Å². The minimum atomic E-state index is -0.683. The smallest absolute Gasteiger partial charge is 0.412 e. The number of carbonyl (C=O) groups is 3. The van der Waals surface area contributed by atoms with E-state index in [9.17, 15) is 14.4 Å². The van der Waals surface area contributed by atoms with Crippen LogP contribution in [0.1, 0.15) is 63.4 Å². The fourth-order valence-corrected chi connectivity index (χ4v) is 3.52. The summed E-state index contributed by atoms with van der Waals surface area (Å²) in [5.74, 6) is -0.611. The molecule has 0 atom stereocenters. The van der Waals surface area contributed by atoms with Gasteiger partial charge in [-0.2, -0.15) is 0 Å². The van der Waals surface area contributed by atoms with Crippen LogP contribution in [0.2, 0.25) is 0 Å². The number of rotatable bonds is 4. The number of likely N-dealkylation sites (N-methyl/N-ethyl adjacent to an activating group) is 1. The van der Waals surface area contributed by atoms with Crippen LogP contribution in [-0.2, 0) is 19.7 Å². The summed E-state index contributed by atoms with van der Waals surface area (Å²) in [5, 5.41) is 2.61. The van der Waals surface area contributed by atoms with Gasteiger partial charge in [-0.15, -0.1) is 0 Å². The topological polar surface area (TPSA) is 84.9 Å². The molecule has 0 saturated carbocycles. The minimum absolute atomic E-state index is 0.0206. The monoisotopic (exact) mass is 376 g/mol. The fraction of sp³-hybridized carbons (Fsp3) is 0.550. The van der Waals surface area contributed by atoms with Gasteiger partial charge in [0.1, 0.15) is 5.60 Å². The number of methoxy groups -OCH3 is 1. The minimum Gasteiger partial charge on any atom is -0.465 e. The first kappa shape index (κ1) is 20.7. The predicted octanol–water partition coefficient (Wildman–Crippen LogP) is 3.85. The molecular weight excluding hydrogens is 348 g/mol. The molecule has 2 amide bonds. The lowest BCUT2D eigenvalue weighted by Crippen LogP contribution is -2.37. The lowest BCUT2D eigenvalue weighted by Gasteiger charge is -2.25. The van der Waals surface area contributed by atoms with Gasteiger partial charge in [0, 0.05) is 12.7 Å². The average Bonchev–Trinajstić information content (AvgIpc) is 2.79. The average molecular weight is 376 g/mol. The molecule has 0 radical (unpaired) electrons. The Balaban J connectivity index is 2.59. The van der Waals surface area contributed by atoms with Gasteiger partial charge in [0.2, 0.25) is 5.91 Å². The van der Waals surface area contributed by atoms with Crippen LogP contribution in [0, 0.1) is 0 Å². The highest BCUT2D eigenvalue weighted by molar-refractivity contribution is 6.10. The van der Waals surface area contributed by atoms with Crippen molar-refractivity contribution >= 4 is 29.3 Å². The molecule has 7 nitrogen and oxygen atoms in total. The normalized spacial score (nSPS) is 15.4. The van der Waals surface area contributed by atoms with Crippen LogP contribution in [0.25, 0.3) is 0 Å². The number of anilines is 2. The lowest BCUT2D eigenvalue weighted by atomic mass is 9.76. The number of nitrogens with one attached hydrogen (secondary N) is 1. The van der Waals surface area contributed by atoms with E-state index in [0.717, 1.165) is 5.56 Å². The van der Waals surface area contributed by atoms with Crippen molar-refractivity contribution in [1.29, 1.82) is 0 Å². The first-order valence-electron chi connectivity index (χ1n) is 9.05. The molecule has 0 aliphatic carbocycles. The van der Waals surface area contributed by atoms with Crippen LogP contribution < -0.4 is 10.2 Å². The van der Waals surface area contributed by atoms with Gasteiger partial charge in [-0.25, -0.2) is 9.59 Å². The summed E-state index contributed by atoms with van der Waals surface area (Å²) in [6, 6.07) is 3.29. The highest BCUT2D eigenvalue weighted by Crippen LogP contribution is 2.47. The Hall–Kier alpha value is -2.57. The highest BCUT2D eigenvalue weighted by Gasteiger charge is 2.47. The number of benzene rings is 1. The molecule has 0 bridgehead atoms. The largest absolute Gasteiger partial charge is 0.465 e. The SMILES string of the molecule is CCC1(CC)C(=O)N(C)c2cc(NC(=O)OC(C)(C)C)c(C(=O)OC)cc21. The van der Waals surface area contributed by atoms with Gasteiger partial charge in [-0.05, 0) is 51.3 Å². The maximum Gasteiger partial charge on any atom is 0.412 e. The highest BCUT2D eigenvalue weighted by atomic mass is 16.6. The number of hydrogen-bond donors (Lipinski definition) is 1. The van der Waals surface area contributed by atoms with E-state index in [2.05, 4.69) is 5.32 Å². The molecule has 0 aromatic heterocycles. The Bertz CT molecular complexity index is 775. The van der Waals surface area contributed by atoms with E-state index < -0.39 is 23.1 Å². The van der Waals surface area contributed by atoms with Crippen LogP contribution in [0.5, 0.6) is 0 Å². The van der Waals surface area contributed by atoms with Gasteiger partial charge in [0.05, 0.1) is 23.8 Å². The van der Waals surface area contributed by atoms with Crippen LogP contribution in [-0.4, -0.2) is 37.7 Å². The van der Waals surface area contributed by atoms with E-state index >= 15 is 0 Å². The van der Waals surface area contributed by atoms with Crippen molar-refractivity contribution in [2.75, 3.05) is 24.4 Å². The molecule has 0 saturated heterocycles. The van der Waals surface area contributed by atoms with Gasteiger partial charge in [-0.3, -0.25) is 10.1 Å². The van der Waals surface area contributed by atoms with E-state index in [0.29, 0.717) is 18.5 Å².